The van der Waals surface area contributed by atoms with Gasteiger partial charge in [0.15, 0.2) is 0 Å². The van der Waals surface area contributed by atoms with Crippen LogP contribution in [0.4, 0.5) is 17.1 Å². The van der Waals surface area contributed by atoms with Crippen molar-refractivity contribution in [2.24, 2.45) is 0 Å². The van der Waals surface area contributed by atoms with E-state index in [-0.39, 0.29) is 26.9 Å². The number of rotatable bonds is 6. The van der Waals surface area contributed by atoms with E-state index in [1.54, 1.807) is 18.2 Å². The van der Waals surface area contributed by atoms with Gasteiger partial charge >= 0.3 is 0 Å². The molecule has 3 aromatic carbocycles. The van der Waals surface area contributed by atoms with E-state index in [1.807, 2.05) is 0 Å². The monoisotopic (exact) mass is 465 g/mol. The Morgan fingerprint density at radius 3 is 2.27 bits per heavy atom. The quantitative estimate of drug-likeness (QED) is 0.394. The van der Waals surface area contributed by atoms with Crippen molar-refractivity contribution in [3.63, 3.8) is 0 Å². The topological polar surface area (TPSA) is 118 Å². The Balaban J connectivity index is 1.76. The summed E-state index contributed by atoms with van der Waals surface area (Å²) in [6, 6.07) is 15.1. The number of nitrogens with zero attached hydrogens (tertiary/aromatic N) is 1. The van der Waals surface area contributed by atoms with E-state index in [0.29, 0.717) is 10.7 Å². The molecule has 0 saturated carbocycles. The average molecular weight is 466 g/mol. The summed E-state index contributed by atoms with van der Waals surface area (Å²) in [6.07, 6.45) is 0. The van der Waals surface area contributed by atoms with Gasteiger partial charge in [0.25, 0.3) is 21.6 Å². The van der Waals surface area contributed by atoms with Crippen LogP contribution < -0.4 is 10.0 Å². The molecule has 154 valence electrons. The van der Waals surface area contributed by atoms with Gasteiger partial charge in [0.1, 0.15) is 0 Å². The summed E-state index contributed by atoms with van der Waals surface area (Å²) in [5, 5.41) is 13.8. The predicted octanol–water partition coefficient (Wildman–Crippen LogP) is 4.95. The van der Waals surface area contributed by atoms with Crippen molar-refractivity contribution in [3.05, 3.63) is 92.5 Å². The summed E-state index contributed by atoms with van der Waals surface area (Å²) < 4.78 is 27.4. The van der Waals surface area contributed by atoms with Crippen molar-refractivity contribution in [1.29, 1.82) is 0 Å². The number of sulfonamides is 1. The third kappa shape index (κ3) is 5.07. The zero-order valence-electron chi connectivity index (χ0n) is 15.0. The first-order valence-corrected chi connectivity index (χ1v) is 10.5. The highest BCUT2D eigenvalue weighted by Crippen LogP contribution is 2.24. The van der Waals surface area contributed by atoms with Gasteiger partial charge in [0.2, 0.25) is 0 Å². The second kappa shape index (κ2) is 8.70. The van der Waals surface area contributed by atoms with E-state index < -0.39 is 20.9 Å². The molecule has 0 radical (unpaired) electrons. The molecule has 0 saturated heterocycles. The largest absolute Gasteiger partial charge is 0.322 e. The molecule has 0 fully saturated rings. The number of non-ortho nitro benzene ring substituents is 1. The zero-order valence-corrected chi connectivity index (χ0v) is 17.3. The number of nitro groups is 1. The molecule has 0 aliphatic carbocycles. The maximum atomic E-state index is 12.5. The van der Waals surface area contributed by atoms with Crippen molar-refractivity contribution in [1.82, 2.24) is 0 Å². The predicted molar refractivity (Wildman–Crippen MR) is 115 cm³/mol. The standard InChI is InChI=1S/C19H13Cl2N3O5S/c20-12-2-1-3-14(10-12)23-30(28,29)16-7-4-13(5-8-16)22-19(25)17-11-15(24(26)27)6-9-18(17)21/h1-11,23H,(H,22,25). The van der Waals surface area contributed by atoms with Gasteiger partial charge in [-0.15, -0.1) is 0 Å². The normalized spacial score (nSPS) is 11.0. The first-order valence-electron chi connectivity index (χ1n) is 8.29. The van der Waals surface area contributed by atoms with E-state index >= 15 is 0 Å². The molecule has 30 heavy (non-hydrogen) atoms. The highest BCUT2D eigenvalue weighted by Gasteiger charge is 2.17. The van der Waals surface area contributed by atoms with Crippen LogP contribution in [0.2, 0.25) is 10.0 Å². The molecule has 0 aromatic heterocycles. The lowest BCUT2D eigenvalue weighted by molar-refractivity contribution is -0.384. The number of amides is 1. The lowest BCUT2D eigenvalue weighted by Gasteiger charge is -2.10. The number of carbonyl (C=O) groups is 1. The number of anilines is 2. The zero-order chi connectivity index (χ0) is 21.9. The van der Waals surface area contributed by atoms with Crippen LogP contribution in [-0.4, -0.2) is 19.2 Å². The molecule has 1 amide bonds. The molecule has 0 heterocycles. The minimum atomic E-state index is -3.87. The average Bonchev–Trinajstić information content (AvgIpc) is 2.68. The molecule has 0 aliphatic heterocycles. The fourth-order valence-electron chi connectivity index (χ4n) is 2.48. The summed E-state index contributed by atoms with van der Waals surface area (Å²) in [5.41, 5.74) is 0.229. The SMILES string of the molecule is O=C(Nc1ccc(S(=O)(=O)Nc2cccc(Cl)c2)cc1)c1cc([N+](=O)[O-])ccc1Cl. The summed E-state index contributed by atoms with van der Waals surface area (Å²) in [4.78, 5) is 22.6. The van der Waals surface area contributed by atoms with Gasteiger partial charge in [0.05, 0.1) is 26.1 Å². The Morgan fingerprint density at radius 2 is 1.63 bits per heavy atom. The summed E-state index contributed by atoms with van der Waals surface area (Å²) in [7, 11) is -3.87. The van der Waals surface area contributed by atoms with Crippen LogP contribution in [0.15, 0.2) is 71.6 Å². The second-order valence-electron chi connectivity index (χ2n) is 6.02. The van der Waals surface area contributed by atoms with E-state index in [2.05, 4.69) is 10.0 Å². The molecule has 0 bridgehead atoms. The fourth-order valence-corrected chi connectivity index (χ4v) is 3.93. The van der Waals surface area contributed by atoms with Gasteiger partial charge in [-0.3, -0.25) is 19.6 Å². The summed E-state index contributed by atoms with van der Waals surface area (Å²) in [5.74, 6) is -0.670. The van der Waals surface area contributed by atoms with E-state index in [0.717, 1.165) is 6.07 Å². The summed E-state index contributed by atoms with van der Waals surface area (Å²) >= 11 is 11.8. The minimum Gasteiger partial charge on any atom is -0.322 e. The Labute approximate surface area is 181 Å². The molecule has 8 nitrogen and oxygen atoms in total. The molecule has 0 spiro atoms. The molecule has 0 aliphatic rings. The minimum absolute atomic E-state index is 0.0335. The number of halogens is 2. The molecular weight excluding hydrogens is 453 g/mol. The highest BCUT2D eigenvalue weighted by molar-refractivity contribution is 7.92. The Bertz CT molecular complexity index is 1230. The Hall–Kier alpha value is -3.14. The Kier molecular flexibility index (Phi) is 6.25. The molecule has 3 aromatic rings. The third-order valence-electron chi connectivity index (χ3n) is 3.90. The van der Waals surface area contributed by atoms with Crippen molar-refractivity contribution >= 4 is 56.2 Å². The van der Waals surface area contributed by atoms with Crippen molar-refractivity contribution in [3.8, 4) is 0 Å². The second-order valence-corrected chi connectivity index (χ2v) is 8.54. The van der Waals surface area contributed by atoms with Crippen LogP contribution in [-0.2, 0) is 10.0 Å². The van der Waals surface area contributed by atoms with Gasteiger partial charge in [-0.05, 0) is 48.5 Å². The number of carbonyl (C=O) groups excluding carboxylic acids is 1. The molecule has 2 N–H and O–H groups in total. The van der Waals surface area contributed by atoms with E-state index in [1.165, 1.54) is 42.5 Å². The Morgan fingerprint density at radius 1 is 0.933 bits per heavy atom. The molecular formula is C19H13Cl2N3O5S. The molecule has 3 rings (SSSR count). The first-order chi connectivity index (χ1) is 14.2. The maximum absolute atomic E-state index is 12.5. The molecule has 0 unspecified atom stereocenters. The maximum Gasteiger partial charge on any atom is 0.270 e. The lowest BCUT2D eigenvalue weighted by atomic mass is 10.2. The fraction of sp³-hybridized carbons (Fsp3) is 0. The third-order valence-corrected chi connectivity index (χ3v) is 5.87. The number of hydrogen-bond donors (Lipinski definition) is 2. The van der Waals surface area contributed by atoms with E-state index in [4.69, 9.17) is 23.2 Å². The van der Waals surface area contributed by atoms with Crippen molar-refractivity contribution in [2.45, 2.75) is 4.90 Å². The highest BCUT2D eigenvalue weighted by atomic mass is 35.5. The van der Waals surface area contributed by atoms with Crippen LogP contribution in [0.1, 0.15) is 10.4 Å². The molecule has 11 heteroatoms. The van der Waals surface area contributed by atoms with Crippen LogP contribution in [0.3, 0.4) is 0 Å². The smallest absolute Gasteiger partial charge is 0.270 e. The first kappa shape index (κ1) is 21.6. The van der Waals surface area contributed by atoms with Gasteiger partial charge < -0.3 is 5.32 Å². The van der Waals surface area contributed by atoms with E-state index in [9.17, 15) is 23.3 Å². The van der Waals surface area contributed by atoms with Crippen LogP contribution in [0, 0.1) is 10.1 Å². The van der Waals surface area contributed by atoms with Gasteiger partial charge in [-0.25, -0.2) is 8.42 Å². The number of nitro benzene ring substituents is 1. The van der Waals surface area contributed by atoms with Crippen molar-refractivity contribution < 1.29 is 18.1 Å². The van der Waals surface area contributed by atoms with Gasteiger partial charge in [0, 0.05) is 22.8 Å². The van der Waals surface area contributed by atoms with Crippen molar-refractivity contribution in [2.75, 3.05) is 10.0 Å². The number of hydrogen-bond acceptors (Lipinski definition) is 5. The summed E-state index contributed by atoms with van der Waals surface area (Å²) in [6.45, 7) is 0. The van der Waals surface area contributed by atoms with Crippen LogP contribution in [0.25, 0.3) is 0 Å². The van der Waals surface area contributed by atoms with Gasteiger partial charge in [-0.1, -0.05) is 29.3 Å². The molecule has 0 atom stereocenters. The van der Waals surface area contributed by atoms with Gasteiger partial charge in [-0.2, -0.15) is 0 Å². The lowest BCUT2D eigenvalue weighted by Crippen LogP contribution is -2.14. The number of nitrogens with one attached hydrogen (secondary N) is 2. The number of benzene rings is 3. The van der Waals surface area contributed by atoms with Crippen LogP contribution in [0.5, 0.6) is 0 Å². The van der Waals surface area contributed by atoms with Crippen LogP contribution >= 0.6 is 23.2 Å².